The van der Waals surface area contributed by atoms with Gasteiger partial charge in [-0.05, 0) is 23.3 Å². The number of carbonyl (C=O) groups is 1. The second-order valence-corrected chi connectivity index (χ2v) is 8.51. The molecule has 7 heteroatoms. The Kier molecular flexibility index (Phi) is 5.88. The first-order valence-electron chi connectivity index (χ1n) is 8.89. The fourth-order valence-corrected chi connectivity index (χ4v) is 5.07. The maximum Gasteiger partial charge on any atom is 0.259 e. The molecule has 2 aromatic heterocycles. The maximum absolute atomic E-state index is 13.7. The summed E-state index contributed by atoms with van der Waals surface area (Å²) >= 11 is 1.32. The monoisotopic (exact) mass is 419 g/mol. The molecule has 1 amide bonds. The standard InChI is InChI=1S/C22H17N3O2S2/c26-21(25-19-14-23-15-28-19)18-12-7-13-24-22(18)29(27)20(16-8-3-1-4-9-16)17-10-5-2-6-11-17/h1-15,20H,(H,25,26). The fourth-order valence-electron chi connectivity index (χ4n) is 2.99. The molecule has 1 N–H and O–H groups in total. The van der Waals surface area contributed by atoms with Gasteiger partial charge in [0.15, 0.2) is 0 Å². The van der Waals surface area contributed by atoms with Crippen molar-refractivity contribution >= 4 is 33.0 Å². The molecule has 2 aromatic carbocycles. The number of pyridine rings is 1. The van der Waals surface area contributed by atoms with Gasteiger partial charge in [0.25, 0.3) is 5.91 Å². The predicted octanol–water partition coefficient (Wildman–Crippen LogP) is 4.69. The summed E-state index contributed by atoms with van der Waals surface area (Å²) in [5, 5.41) is 3.23. The van der Waals surface area contributed by atoms with Gasteiger partial charge in [0.1, 0.15) is 10.0 Å². The molecule has 5 nitrogen and oxygen atoms in total. The van der Waals surface area contributed by atoms with E-state index >= 15 is 0 Å². The summed E-state index contributed by atoms with van der Waals surface area (Å²) in [5.41, 5.74) is 3.72. The highest BCUT2D eigenvalue weighted by Gasteiger charge is 2.27. The van der Waals surface area contributed by atoms with Gasteiger partial charge in [-0.3, -0.25) is 14.0 Å². The molecule has 0 aliphatic rings. The number of amides is 1. The number of hydrogen-bond donors (Lipinski definition) is 1. The number of hydrogen-bond acceptors (Lipinski definition) is 5. The second-order valence-electron chi connectivity index (χ2n) is 6.17. The number of carbonyl (C=O) groups excluding carboxylic acids is 1. The molecular weight excluding hydrogens is 402 g/mol. The van der Waals surface area contributed by atoms with Gasteiger partial charge in [0.05, 0.1) is 33.3 Å². The average molecular weight is 420 g/mol. The van der Waals surface area contributed by atoms with Crippen LogP contribution in [0, 0.1) is 0 Å². The molecule has 1 unspecified atom stereocenters. The number of nitrogens with one attached hydrogen (secondary N) is 1. The van der Waals surface area contributed by atoms with E-state index in [2.05, 4.69) is 15.3 Å². The van der Waals surface area contributed by atoms with E-state index in [0.29, 0.717) is 5.00 Å². The number of nitrogens with zero attached hydrogens (tertiary/aromatic N) is 2. The maximum atomic E-state index is 13.7. The largest absolute Gasteiger partial charge is 0.312 e. The van der Waals surface area contributed by atoms with Crippen LogP contribution in [0.3, 0.4) is 0 Å². The summed E-state index contributed by atoms with van der Waals surface area (Å²) in [4.78, 5) is 21.1. The van der Waals surface area contributed by atoms with Gasteiger partial charge in [-0.15, -0.1) is 11.3 Å². The van der Waals surface area contributed by atoms with Crippen LogP contribution >= 0.6 is 11.3 Å². The highest BCUT2D eigenvalue weighted by atomic mass is 32.2. The lowest BCUT2D eigenvalue weighted by atomic mass is 10.0. The minimum absolute atomic E-state index is 0.257. The second kappa shape index (κ2) is 8.89. The molecule has 0 fully saturated rings. The quantitative estimate of drug-likeness (QED) is 0.492. The third-order valence-electron chi connectivity index (χ3n) is 4.29. The zero-order valence-electron chi connectivity index (χ0n) is 15.3. The Hall–Kier alpha value is -3.16. The molecule has 0 saturated carbocycles. The SMILES string of the molecule is O=C(Nc1cncs1)c1cccnc1S(=O)C(c1ccccc1)c1ccccc1. The van der Waals surface area contributed by atoms with Crippen LogP contribution in [0.25, 0.3) is 0 Å². The molecule has 0 bridgehead atoms. The van der Waals surface area contributed by atoms with Crippen molar-refractivity contribution in [3.05, 3.63) is 107 Å². The minimum atomic E-state index is -1.59. The van der Waals surface area contributed by atoms with Crippen molar-refractivity contribution in [2.24, 2.45) is 0 Å². The lowest BCUT2D eigenvalue weighted by Gasteiger charge is -2.18. The summed E-state index contributed by atoms with van der Waals surface area (Å²) in [6.45, 7) is 0. The topological polar surface area (TPSA) is 72.0 Å². The average Bonchev–Trinajstić information content (AvgIpc) is 3.28. The number of benzene rings is 2. The number of thiazole rings is 1. The lowest BCUT2D eigenvalue weighted by Crippen LogP contribution is -2.18. The van der Waals surface area contributed by atoms with E-state index < -0.39 is 16.0 Å². The molecule has 0 saturated heterocycles. The lowest BCUT2D eigenvalue weighted by molar-refractivity contribution is 0.102. The van der Waals surface area contributed by atoms with Crippen molar-refractivity contribution in [1.29, 1.82) is 0 Å². The Bertz CT molecular complexity index is 1080. The number of anilines is 1. The number of aromatic nitrogens is 2. The van der Waals surface area contributed by atoms with Gasteiger partial charge < -0.3 is 5.32 Å². The van der Waals surface area contributed by atoms with Gasteiger partial charge in [-0.2, -0.15) is 0 Å². The Morgan fingerprint density at radius 1 is 0.931 bits per heavy atom. The van der Waals surface area contributed by atoms with E-state index in [4.69, 9.17) is 0 Å². The van der Waals surface area contributed by atoms with E-state index in [1.165, 1.54) is 11.3 Å². The van der Waals surface area contributed by atoms with Gasteiger partial charge in [-0.1, -0.05) is 60.7 Å². The fraction of sp³-hybridized carbons (Fsp3) is 0.0455. The highest BCUT2D eigenvalue weighted by molar-refractivity contribution is 7.85. The van der Waals surface area contributed by atoms with Crippen LogP contribution in [0.15, 0.2) is 95.7 Å². The normalized spacial score (nSPS) is 11.9. The van der Waals surface area contributed by atoms with E-state index in [1.54, 1.807) is 30.0 Å². The van der Waals surface area contributed by atoms with E-state index in [-0.39, 0.29) is 16.5 Å². The van der Waals surface area contributed by atoms with Crippen molar-refractivity contribution < 1.29 is 9.00 Å². The van der Waals surface area contributed by atoms with Crippen LogP contribution < -0.4 is 5.32 Å². The van der Waals surface area contributed by atoms with Crippen LogP contribution in [-0.2, 0) is 10.8 Å². The van der Waals surface area contributed by atoms with Gasteiger partial charge in [-0.25, -0.2) is 4.98 Å². The highest BCUT2D eigenvalue weighted by Crippen LogP contribution is 2.32. The van der Waals surface area contributed by atoms with Crippen molar-refractivity contribution in [3.8, 4) is 0 Å². The molecule has 0 aliphatic carbocycles. The Balaban J connectivity index is 1.75. The summed E-state index contributed by atoms with van der Waals surface area (Å²) in [6, 6.07) is 22.6. The Labute approximate surface area is 174 Å². The van der Waals surface area contributed by atoms with E-state index in [0.717, 1.165) is 11.1 Å². The molecule has 29 heavy (non-hydrogen) atoms. The van der Waals surface area contributed by atoms with Crippen molar-refractivity contribution in [2.75, 3.05) is 5.32 Å². The van der Waals surface area contributed by atoms with Crippen molar-refractivity contribution in [3.63, 3.8) is 0 Å². The van der Waals surface area contributed by atoms with Gasteiger partial charge in [0.2, 0.25) is 0 Å². The van der Waals surface area contributed by atoms with Crippen molar-refractivity contribution in [2.45, 2.75) is 10.3 Å². The van der Waals surface area contributed by atoms with Crippen LogP contribution in [0.5, 0.6) is 0 Å². The van der Waals surface area contributed by atoms with Crippen LogP contribution in [0.1, 0.15) is 26.7 Å². The van der Waals surface area contributed by atoms with Gasteiger partial charge in [0, 0.05) is 6.20 Å². The van der Waals surface area contributed by atoms with E-state index in [9.17, 15) is 9.00 Å². The summed E-state index contributed by atoms with van der Waals surface area (Å²) in [6.07, 6.45) is 3.13. The van der Waals surface area contributed by atoms with Crippen LogP contribution in [0.4, 0.5) is 5.00 Å². The first-order valence-corrected chi connectivity index (χ1v) is 11.0. The first kappa shape index (κ1) is 19.2. The molecule has 144 valence electrons. The zero-order valence-corrected chi connectivity index (χ0v) is 16.9. The number of rotatable bonds is 6. The van der Waals surface area contributed by atoms with Gasteiger partial charge >= 0.3 is 0 Å². The smallest absolute Gasteiger partial charge is 0.259 e. The van der Waals surface area contributed by atoms with Crippen LogP contribution in [-0.4, -0.2) is 20.1 Å². The summed E-state index contributed by atoms with van der Waals surface area (Å²) in [5.74, 6) is -0.356. The third kappa shape index (κ3) is 4.31. The minimum Gasteiger partial charge on any atom is -0.312 e. The Morgan fingerprint density at radius 3 is 2.17 bits per heavy atom. The predicted molar refractivity (Wildman–Crippen MR) is 115 cm³/mol. The first-order chi connectivity index (χ1) is 14.2. The summed E-state index contributed by atoms with van der Waals surface area (Å²) in [7, 11) is -1.59. The molecular formula is C22H17N3O2S2. The Morgan fingerprint density at radius 2 is 1.59 bits per heavy atom. The van der Waals surface area contributed by atoms with Crippen molar-refractivity contribution in [1.82, 2.24) is 9.97 Å². The van der Waals surface area contributed by atoms with E-state index in [1.807, 2.05) is 60.7 Å². The molecule has 0 radical (unpaired) electrons. The molecule has 1 atom stereocenters. The molecule has 4 aromatic rings. The third-order valence-corrected chi connectivity index (χ3v) is 6.66. The molecule has 0 spiro atoms. The molecule has 0 aliphatic heterocycles. The van der Waals surface area contributed by atoms with Crippen LogP contribution in [0.2, 0.25) is 0 Å². The zero-order chi connectivity index (χ0) is 20.1. The summed E-state index contributed by atoms with van der Waals surface area (Å²) < 4.78 is 13.7. The molecule has 4 rings (SSSR count). The molecule has 2 heterocycles.